The molecule has 2 N–H and O–H groups in total. The highest BCUT2D eigenvalue weighted by Crippen LogP contribution is 2.29. The maximum absolute atomic E-state index is 12.3. The molecule has 0 radical (unpaired) electrons. The molecule has 1 aromatic carbocycles. The van der Waals surface area contributed by atoms with Crippen LogP contribution >= 0.6 is 11.6 Å². The molecule has 3 rings (SSSR count). The van der Waals surface area contributed by atoms with Crippen molar-refractivity contribution in [3.05, 3.63) is 69.1 Å². The van der Waals surface area contributed by atoms with Crippen LogP contribution in [0.2, 0.25) is 5.02 Å². The number of nitrogens with one attached hydrogen (secondary N) is 2. The molecule has 1 aliphatic heterocycles. The van der Waals surface area contributed by atoms with Crippen LogP contribution in [-0.2, 0) is 0 Å². The second-order valence-corrected chi connectivity index (χ2v) is 6.31. The molecule has 2 heterocycles. The first-order valence-electron chi connectivity index (χ1n) is 8.11. The normalized spacial score (nSPS) is 16.0. The fourth-order valence-electron chi connectivity index (χ4n) is 3.12. The van der Waals surface area contributed by atoms with Crippen LogP contribution in [0.5, 0.6) is 0 Å². The molecule has 0 unspecified atom stereocenters. The minimum Gasteiger partial charge on any atom is -0.350 e. The van der Waals surface area contributed by atoms with Crippen molar-refractivity contribution in [3.63, 3.8) is 0 Å². The number of aromatic nitrogens is 1. The van der Waals surface area contributed by atoms with E-state index in [0.717, 1.165) is 31.5 Å². The number of amides is 1. The summed E-state index contributed by atoms with van der Waals surface area (Å²) in [4.78, 5) is 28.9. The van der Waals surface area contributed by atoms with Gasteiger partial charge in [-0.3, -0.25) is 14.5 Å². The Bertz CT molecular complexity index is 769. The van der Waals surface area contributed by atoms with Gasteiger partial charge in [-0.25, -0.2) is 0 Å². The standard InChI is InChI=1S/C18H20ClN3O2/c19-15-8-2-1-6-13(15)16(22-10-3-4-11-22)12-21-18(24)14-7-5-9-20-17(14)23/h1-2,5-9,16H,3-4,10-12H2,(H,20,23)(H,21,24)/t16-/m1/s1. The van der Waals surface area contributed by atoms with Crippen molar-refractivity contribution < 1.29 is 4.79 Å². The summed E-state index contributed by atoms with van der Waals surface area (Å²) in [6.07, 6.45) is 3.80. The molecule has 126 valence electrons. The Kier molecular flexibility index (Phi) is 5.33. The molecule has 6 heteroatoms. The summed E-state index contributed by atoms with van der Waals surface area (Å²) in [6, 6.07) is 10.9. The minimum absolute atomic E-state index is 0.00736. The average molecular weight is 346 g/mol. The number of H-pyrrole nitrogens is 1. The summed E-state index contributed by atoms with van der Waals surface area (Å²) in [5.74, 6) is -0.367. The fraction of sp³-hybridized carbons (Fsp3) is 0.333. The summed E-state index contributed by atoms with van der Waals surface area (Å²) in [7, 11) is 0. The van der Waals surface area contributed by atoms with Crippen molar-refractivity contribution in [2.24, 2.45) is 0 Å². The second kappa shape index (κ2) is 7.64. The maximum atomic E-state index is 12.3. The van der Waals surface area contributed by atoms with E-state index in [1.165, 1.54) is 12.3 Å². The predicted molar refractivity (Wildman–Crippen MR) is 94.4 cm³/mol. The zero-order chi connectivity index (χ0) is 16.9. The monoisotopic (exact) mass is 345 g/mol. The number of likely N-dealkylation sites (tertiary alicyclic amines) is 1. The Morgan fingerprint density at radius 3 is 2.67 bits per heavy atom. The van der Waals surface area contributed by atoms with E-state index in [1.54, 1.807) is 6.07 Å². The molecule has 2 aromatic rings. The van der Waals surface area contributed by atoms with Crippen molar-refractivity contribution in [2.45, 2.75) is 18.9 Å². The highest BCUT2D eigenvalue weighted by Gasteiger charge is 2.25. The van der Waals surface area contributed by atoms with E-state index in [1.807, 2.05) is 24.3 Å². The Balaban J connectivity index is 1.78. The van der Waals surface area contributed by atoms with Gasteiger partial charge in [0.15, 0.2) is 0 Å². The van der Waals surface area contributed by atoms with Crippen LogP contribution in [0.1, 0.15) is 34.8 Å². The summed E-state index contributed by atoms with van der Waals surface area (Å²) in [6.45, 7) is 2.38. The molecule has 0 aliphatic carbocycles. The molecule has 5 nitrogen and oxygen atoms in total. The molecule has 1 aromatic heterocycles. The van der Waals surface area contributed by atoms with Crippen molar-refractivity contribution in [1.82, 2.24) is 15.2 Å². The van der Waals surface area contributed by atoms with Crippen LogP contribution in [0.4, 0.5) is 0 Å². The van der Waals surface area contributed by atoms with Gasteiger partial charge in [0.05, 0.1) is 6.04 Å². The lowest BCUT2D eigenvalue weighted by molar-refractivity contribution is 0.0936. The maximum Gasteiger partial charge on any atom is 0.260 e. The first-order chi connectivity index (χ1) is 11.7. The lowest BCUT2D eigenvalue weighted by Gasteiger charge is -2.28. The first-order valence-corrected chi connectivity index (χ1v) is 8.49. The second-order valence-electron chi connectivity index (χ2n) is 5.90. The van der Waals surface area contributed by atoms with Crippen molar-refractivity contribution in [3.8, 4) is 0 Å². The van der Waals surface area contributed by atoms with E-state index in [4.69, 9.17) is 11.6 Å². The van der Waals surface area contributed by atoms with Gasteiger partial charge in [0.1, 0.15) is 5.56 Å². The number of hydrogen-bond acceptors (Lipinski definition) is 3. The van der Waals surface area contributed by atoms with E-state index in [2.05, 4.69) is 15.2 Å². The van der Waals surface area contributed by atoms with Gasteiger partial charge in [-0.2, -0.15) is 0 Å². The van der Waals surface area contributed by atoms with E-state index in [-0.39, 0.29) is 23.1 Å². The van der Waals surface area contributed by atoms with Gasteiger partial charge in [-0.05, 0) is 49.7 Å². The molecule has 1 saturated heterocycles. The lowest BCUT2D eigenvalue weighted by atomic mass is 10.1. The highest BCUT2D eigenvalue weighted by molar-refractivity contribution is 6.31. The first kappa shape index (κ1) is 16.7. The number of pyridine rings is 1. The number of carbonyl (C=O) groups is 1. The Labute approximate surface area is 145 Å². The summed E-state index contributed by atoms with van der Waals surface area (Å²) in [5.41, 5.74) is 0.741. The van der Waals surface area contributed by atoms with Gasteiger partial charge >= 0.3 is 0 Å². The zero-order valence-electron chi connectivity index (χ0n) is 13.3. The molecular formula is C18H20ClN3O2. The van der Waals surface area contributed by atoms with Crippen molar-refractivity contribution in [1.29, 1.82) is 0 Å². The number of halogens is 1. The minimum atomic E-state index is -0.384. The van der Waals surface area contributed by atoms with Gasteiger partial charge in [-0.1, -0.05) is 29.8 Å². The van der Waals surface area contributed by atoms with Gasteiger partial charge in [0.25, 0.3) is 11.5 Å². The third kappa shape index (κ3) is 3.68. The molecule has 1 amide bonds. The highest BCUT2D eigenvalue weighted by atomic mass is 35.5. The third-order valence-electron chi connectivity index (χ3n) is 4.36. The van der Waals surface area contributed by atoms with Gasteiger partial charge < -0.3 is 10.3 Å². The summed E-state index contributed by atoms with van der Waals surface area (Å²) < 4.78 is 0. The molecule has 1 fully saturated rings. The van der Waals surface area contributed by atoms with Crippen LogP contribution < -0.4 is 10.9 Å². The molecule has 24 heavy (non-hydrogen) atoms. The summed E-state index contributed by atoms with van der Waals surface area (Å²) >= 11 is 6.36. The zero-order valence-corrected chi connectivity index (χ0v) is 14.1. The quantitative estimate of drug-likeness (QED) is 0.875. The number of nitrogens with zero attached hydrogens (tertiary/aromatic N) is 1. The van der Waals surface area contributed by atoms with Crippen LogP contribution in [0.15, 0.2) is 47.4 Å². The number of carbonyl (C=O) groups excluding carboxylic acids is 1. The molecule has 0 spiro atoms. The van der Waals surface area contributed by atoms with Crippen molar-refractivity contribution >= 4 is 17.5 Å². The topological polar surface area (TPSA) is 65.2 Å². The average Bonchev–Trinajstić information content (AvgIpc) is 3.11. The fourth-order valence-corrected chi connectivity index (χ4v) is 3.38. The van der Waals surface area contributed by atoms with E-state index >= 15 is 0 Å². The molecular weight excluding hydrogens is 326 g/mol. The SMILES string of the molecule is O=C(NC[C@H](c1ccccc1Cl)N1CCCC1)c1ccc[nH]c1=O. The molecule has 0 bridgehead atoms. The largest absolute Gasteiger partial charge is 0.350 e. The lowest BCUT2D eigenvalue weighted by Crippen LogP contribution is -2.38. The number of hydrogen-bond donors (Lipinski definition) is 2. The van der Waals surface area contributed by atoms with Gasteiger partial charge in [0.2, 0.25) is 0 Å². The molecule has 0 saturated carbocycles. The smallest absolute Gasteiger partial charge is 0.260 e. The van der Waals surface area contributed by atoms with Crippen LogP contribution in [0, 0.1) is 0 Å². The van der Waals surface area contributed by atoms with E-state index in [9.17, 15) is 9.59 Å². The van der Waals surface area contributed by atoms with Crippen LogP contribution in [0.3, 0.4) is 0 Å². The van der Waals surface area contributed by atoms with Crippen LogP contribution in [-0.4, -0.2) is 35.4 Å². The number of rotatable bonds is 5. The Morgan fingerprint density at radius 2 is 1.96 bits per heavy atom. The summed E-state index contributed by atoms with van der Waals surface area (Å²) in [5, 5.41) is 3.58. The van der Waals surface area contributed by atoms with Gasteiger partial charge in [-0.15, -0.1) is 0 Å². The Hall–Kier alpha value is -2.11. The predicted octanol–water partition coefficient (Wildman–Crippen LogP) is 2.60. The van der Waals surface area contributed by atoms with Gasteiger partial charge in [0, 0.05) is 17.8 Å². The number of aromatic amines is 1. The Morgan fingerprint density at radius 1 is 1.21 bits per heavy atom. The van der Waals surface area contributed by atoms with E-state index < -0.39 is 0 Å². The van der Waals surface area contributed by atoms with E-state index in [0.29, 0.717) is 11.6 Å². The van der Waals surface area contributed by atoms with Crippen LogP contribution in [0.25, 0.3) is 0 Å². The number of benzene rings is 1. The molecule has 1 aliphatic rings. The molecule has 1 atom stereocenters. The third-order valence-corrected chi connectivity index (χ3v) is 4.71. The van der Waals surface area contributed by atoms with Crippen molar-refractivity contribution in [2.75, 3.05) is 19.6 Å².